The molecule has 470 valence electrons. The molecule has 0 spiro atoms. The van der Waals surface area contributed by atoms with Crippen molar-refractivity contribution in [2.24, 2.45) is 0 Å². The molecule has 8 aromatic rings. The molecule has 0 unspecified atom stereocenters. The van der Waals surface area contributed by atoms with Crippen molar-refractivity contribution in [1.29, 1.82) is 0 Å². The van der Waals surface area contributed by atoms with Gasteiger partial charge < -0.3 is 0 Å². The molecule has 0 saturated carbocycles. The summed E-state index contributed by atoms with van der Waals surface area (Å²) in [6.45, 7) is 38.6. The van der Waals surface area contributed by atoms with E-state index in [9.17, 15) is 0 Å². The van der Waals surface area contributed by atoms with Gasteiger partial charge in [-0.25, -0.2) is 0 Å². The summed E-state index contributed by atoms with van der Waals surface area (Å²) in [7, 11) is 26.3. The molecule has 8 rings (SSSR count). The average molecular weight is 1290 g/mol. The second kappa shape index (κ2) is 33.2. The van der Waals surface area contributed by atoms with Crippen molar-refractivity contribution >= 4 is 206 Å². The van der Waals surface area contributed by atoms with Gasteiger partial charge in [0.15, 0.2) is 0 Å². The van der Waals surface area contributed by atoms with Gasteiger partial charge in [-0.15, -0.1) is 30.7 Å². The molecule has 103 heavy (non-hydrogen) atoms. The Kier molecular flexibility index (Phi) is 25.2. The molecule has 0 fully saturated rings. The van der Waals surface area contributed by atoms with E-state index >= 15 is 0 Å². The van der Waals surface area contributed by atoms with Crippen molar-refractivity contribution < 1.29 is 0 Å². The van der Waals surface area contributed by atoms with Gasteiger partial charge in [-0.05, 0) is 357 Å². The van der Waals surface area contributed by atoms with Crippen LogP contribution in [0, 0.1) is 276 Å². The number of terminal acetylenes is 3. The fourth-order valence-electron chi connectivity index (χ4n) is 17.2. The molecule has 0 aliphatic heterocycles. The van der Waals surface area contributed by atoms with Gasteiger partial charge in [-0.3, -0.25) is 0 Å². The fraction of sp³-hybridized carbons (Fsp3) is 0.200. The number of hydrogen-bond acceptors (Lipinski definition) is 0. The Hall–Kier alpha value is -10.4. The number of rotatable bonds is 10. The first-order valence-electron chi connectivity index (χ1n) is 36.0. The minimum atomic E-state index is 0.330. The topological polar surface area (TPSA) is 0 Å². The molecule has 0 aromatic heterocycles. The van der Waals surface area contributed by atoms with E-state index in [-0.39, 0.29) is 0 Å². The predicted octanol–water partition coefficient (Wildman–Crippen LogP) is 0.148. The number of aryl methyl sites for hydroxylation is 8. The van der Waals surface area contributed by atoms with Gasteiger partial charge in [0, 0.05) is 59.9 Å². The van der Waals surface area contributed by atoms with Gasteiger partial charge in [0.05, 0.1) is 105 Å². The molecule has 0 bridgehead atoms. The van der Waals surface area contributed by atoms with Crippen molar-refractivity contribution in [3.8, 4) is 201 Å². The van der Waals surface area contributed by atoms with Gasteiger partial charge in [0.2, 0.25) is 0 Å². The van der Waals surface area contributed by atoms with E-state index in [0.29, 0.717) is 71.7 Å². The summed E-state index contributed by atoms with van der Waals surface area (Å²) >= 11 is 0. The van der Waals surface area contributed by atoms with Gasteiger partial charge in [-0.2, -0.15) is 0 Å². The molecule has 0 radical (unpaired) electrons. The lowest BCUT2D eigenvalue weighted by Crippen LogP contribution is -2.72. The Morgan fingerprint density at radius 1 is 0.282 bits per heavy atom. The van der Waals surface area contributed by atoms with Gasteiger partial charge in [0.25, 0.3) is 0 Å². The Morgan fingerprint density at radius 3 is 1.17 bits per heavy atom. The predicted molar refractivity (Wildman–Crippen MR) is 495 cm³/mol. The number of hydrogen-bond donors (Lipinski definition) is 0. The van der Waals surface area contributed by atoms with E-state index in [4.69, 9.17) is 19.3 Å². The van der Waals surface area contributed by atoms with Crippen LogP contribution in [0.2, 0.25) is 0 Å². The summed E-state index contributed by atoms with van der Waals surface area (Å²) < 4.78 is 0. The van der Waals surface area contributed by atoms with E-state index < -0.39 is 0 Å². The molecule has 0 atom stereocenters. The van der Waals surface area contributed by atoms with Crippen molar-refractivity contribution in [2.45, 2.75) is 118 Å². The van der Waals surface area contributed by atoms with Crippen LogP contribution >= 0.6 is 0 Å². The van der Waals surface area contributed by atoms with E-state index in [0.717, 1.165) is 80.3 Å². The average Bonchev–Trinajstić information content (AvgIpc) is 0.686. The zero-order valence-corrected chi connectivity index (χ0v) is 66.1. The van der Waals surface area contributed by atoms with Crippen LogP contribution in [-0.2, 0) is 0 Å². The Bertz CT molecular complexity index is 6120. The van der Waals surface area contributed by atoms with Crippen LogP contribution < -0.4 is 21.9 Å². The molecule has 0 aliphatic rings. The SMILES string of the molecule is BBB(B)B(B(B)B)c1c(B(B(B)B)B(B)B)c(C)c(C)c2c(C)c(-c3c4c(C)c(C)c(C)c(C)c4c(C)c4c(-c5c(C)c6c(C)c(C)c(C#CC)c(C#CC#C)c6c6c(C#CC#CC)c(C#CC#CC#C)c(C#CC#CC#CC)c(C#CC#CC#CC#C)c56)c(C)c(C)c(C)c34)c(BB)c(B)c12. The summed E-state index contributed by atoms with van der Waals surface area (Å²) in [4.78, 5) is 0. The highest BCUT2D eigenvalue weighted by Gasteiger charge is 2.40. The third kappa shape index (κ3) is 13.8. The quantitative estimate of drug-likeness (QED) is 0.0794. The van der Waals surface area contributed by atoms with Crippen LogP contribution in [0.3, 0.4) is 0 Å². The number of benzene rings is 8. The van der Waals surface area contributed by atoms with Crippen molar-refractivity contribution in [3.63, 3.8) is 0 Å². The summed E-state index contributed by atoms with van der Waals surface area (Å²) in [6, 6.07) is 0. The van der Waals surface area contributed by atoms with Crippen molar-refractivity contribution in [2.75, 3.05) is 0 Å². The monoisotopic (exact) mass is 1290 g/mol. The van der Waals surface area contributed by atoms with E-state index in [1.165, 1.54) is 99.1 Å². The van der Waals surface area contributed by atoms with E-state index in [1.807, 2.05) is 6.92 Å². The lowest BCUT2D eigenvalue weighted by molar-refractivity contribution is 1.24. The van der Waals surface area contributed by atoms with Crippen LogP contribution in [-0.4, -0.2) is 130 Å². The van der Waals surface area contributed by atoms with Gasteiger partial charge >= 0.3 is 0 Å². The lowest BCUT2D eigenvalue weighted by Gasteiger charge is -2.36. The van der Waals surface area contributed by atoms with E-state index in [1.54, 1.807) is 24.8 Å². The lowest BCUT2D eigenvalue weighted by atomic mass is 8.67. The second-order valence-electron chi connectivity index (χ2n) is 28.5. The van der Waals surface area contributed by atoms with Crippen LogP contribution in [0.1, 0.15) is 132 Å². The molecule has 0 nitrogen and oxygen atoms in total. The molecule has 18 heteroatoms. The Labute approximate surface area is 631 Å². The summed E-state index contributed by atoms with van der Waals surface area (Å²) in [5.74, 6) is 82.3. The maximum Gasteiger partial charge on any atom is 0.139 e. The molecule has 0 heterocycles. The zero-order valence-electron chi connectivity index (χ0n) is 66.1. The van der Waals surface area contributed by atoms with Crippen LogP contribution in [0.4, 0.5) is 0 Å². The first-order valence-corrected chi connectivity index (χ1v) is 36.0. The molecule has 0 aliphatic carbocycles. The smallest absolute Gasteiger partial charge is 0.106 e. The number of fused-ring (bicyclic) bond motifs is 6. The minimum Gasteiger partial charge on any atom is -0.106 e. The maximum atomic E-state index is 6.16. The largest absolute Gasteiger partial charge is 0.139 e. The van der Waals surface area contributed by atoms with Gasteiger partial charge in [-0.1, -0.05) is 69.3 Å². The highest BCUT2D eigenvalue weighted by Crippen LogP contribution is 2.54. The zero-order chi connectivity index (χ0) is 75.9. The molecule has 8 aromatic carbocycles. The third-order valence-corrected chi connectivity index (χ3v) is 22.4. The molecule has 0 N–H and O–H groups in total. The maximum absolute atomic E-state index is 6.16. The molecular formula is C85H76B18. The van der Waals surface area contributed by atoms with Crippen LogP contribution in [0.25, 0.3) is 76.1 Å². The normalized spacial score (nSPS) is 9.61. The standard InChI is InChI=1S/C85H76B18/c1-21-27-32-35-37-41-47-66-63(45-40-36-33-28-22-2)64(44-39-34-29-23-3)67(46-38-30-24-4)79-77-65(43-31-25-5)62(42-26-6)51(10)56(15)69(77)60(19)75(78(66)79)72-54(13)50(9)55(14)73-74(72)59(18)68-52(11)48(7)49(8)53(12)71(68)80(73)76-61(20)70-57(16)58(17)84(98(100(89)90)101(91)92)85(81(70)82(86)83(76)96-87)99(102(93)94)103(95)97-88/h1,3,5,96-97H,86-95H2,2,4,6-20H3. The summed E-state index contributed by atoms with van der Waals surface area (Å²) in [5.41, 5.74) is 30.5. The highest BCUT2D eigenvalue weighted by molar-refractivity contribution is 7.89. The second-order valence-corrected chi connectivity index (χ2v) is 28.5. The fourth-order valence-corrected chi connectivity index (χ4v) is 17.2. The van der Waals surface area contributed by atoms with Crippen molar-refractivity contribution in [1.82, 2.24) is 0 Å². The molecule has 0 amide bonds. The van der Waals surface area contributed by atoms with Crippen LogP contribution in [0.5, 0.6) is 0 Å². The van der Waals surface area contributed by atoms with Crippen molar-refractivity contribution in [3.05, 3.63) is 111 Å². The Balaban J connectivity index is 1.94. The van der Waals surface area contributed by atoms with Crippen LogP contribution in [0.15, 0.2) is 0 Å². The third-order valence-electron chi connectivity index (χ3n) is 22.4. The first kappa shape index (κ1) is 78.4. The molecular weight excluding hydrogens is 1220 g/mol. The summed E-state index contributed by atoms with van der Waals surface area (Å²) in [6.07, 6.45) is 19.3. The summed E-state index contributed by atoms with van der Waals surface area (Å²) in [5, 5.41) is 10.9. The highest BCUT2D eigenvalue weighted by atomic mass is 14.3. The Morgan fingerprint density at radius 2 is 0.650 bits per heavy atom. The van der Waals surface area contributed by atoms with Gasteiger partial charge in [0.1, 0.15) is 15.0 Å². The minimum absolute atomic E-state index is 0.330. The molecule has 0 saturated heterocycles. The van der Waals surface area contributed by atoms with E-state index in [2.05, 4.69) is 334 Å². The first-order chi connectivity index (χ1) is 49.1.